The Labute approximate surface area is 191 Å². The third-order valence-electron chi connectivity index (χ3n) is 5.97. The molecular formula is C24H40N4O4. The summed E-state index contributed by atoms with van der Waals surface area (Å²) in [5.74, 6) is 1.88. The molecule has 180 valence electrons. The van der Waals surface area contributed by atoms with Crippen molar-refractivity contribution in [2.45, 2.75) is 66.3 Å². The third kappa shape index (κ3) is 7.12. The number of rotatable bonds is 13. The highest BCUT2D eigenvalue weighted by molar-refractivity contribution is 5.97. The van der Waals surface area contributed by atoms with E-state index < -0.39 is 35.1 Å². The van der Waals surface area contributed by atoms with Gasteiger partial charge in [-0.15, -0.1) is 0 Å². The lowest BCUT2D eigenvalue weighted by molar-refractivity contribution is -0.155. The number of benzene rings is 1. The fraction of sp³-hybridized carbons (Fsp3) is 0.625. The molecule has 8 heteroatoms. The van der Waals surface area contributed by atoms with Gasteiger partial charge in [-0.2, -0.15) is 0 Å². The Kier molecular flexibility index (Phi) is 11.0. The zero-order valence-electron chi connectivity index (χ0n) is 19.9. The summed E-state index contributed by atoms with van der Waals surface area (Å²) >= 11 is 0. The number of amides is 2. The minimum Gasteiger partial charge on any atom is -0.322 e. The van der Waals surface area contributed by atoms with Gasteiger partial charge in [0.05, 0.1) is 17.9 Å². The van der Waals surface area contributed by atoms with Gasteiger partial charge in [-0.1, -0.05) is 58.0 Å². The maximum absolute atomic E-state index is 13.7. The van der Waals surface area contributed by atoms with Crippen molar-refractivity contribution < 1.29 is 19.6 Å². The minimum atomic E-state index is -1.27. The van der Waals surface area contributed by atoms with Crippen LogP contribution in [0.5, 0.6) is 0 Å². The van der Waals surface area contributed by atoms with Crippen LogP contribution in [0.25, 0.3) is 0 Å². The van der Waals surface area contributed by atoms with Gasteiger partial charge < -0.3 is 5.73 Å². The monoisotopic (exact) mass is 448 g/mol. The quantitative estimate of drug-likeness (QED) is 0.135. The van der Waals surface area contributed by atoms with E-state index in [1.165, 1.54) is 0 Å². The molecule has 0 saturated heterocycles. The fourth-order valence-electron chi connectivity index (χ4n) is 4.85. The minimum absolute atomic E-state index is 0.0307. The zero-order chi connectivity index (χ0) is 24.5. The second kappa shape index (κ2) is 12.7. The maximum Gasteiger partial charge on any atom is 0.248 e. The van der Waals surface area contributed by atoms with Crippen molar-refractivity contribution >= 4 is 17.6 Å². The van der Waals surface area contributed by atoms with Gasteiger partial charge >= 0.3 is 0 Å². The molecule has 8 nitrogen and oxygen atoms in total. The van der Waals surface area contributed by atoms with Crippen LogP contribution in [0.15, 0.2) is 30.3 Å². The largest absolute Gasteiger partial charge is 0.322 e. The van der Waals surface area contributed by atoms with Crippen LogP contribution in [-0.2, 0) is 20.8 Å². The molecule has 0 fully saturated rings. The summed E-state index contributed by atoms with van der Waals surface area (Å²) in [5, 5.41) is 9.64. The van der Waals surface area contributed by atoms with Crippen LogP contribution in [0.4, 0.5) is 0 Å². The van der Waals surface area contributed by atoms with Crippen LogP contribution in [-0.4, -0.2) is 28.8 Å². The lowest BCUT2D eigenvalue weighted by Crippen LogP contribution is -2.57. The topological polar surface area (TPSA) is 148 Å². The standard InChI is InChI=1S/C24H40N4O4/c1-15(2)13-19(22(30)27-26)20(23(31)28-32)24(14-16(3)4,21(29)17(5)25)12-11-18-9-7-6-8-10-18/h6-10,15-17,19-20,32H,11-14,25-26H2,1-5H3,(H,27,30)(H,28,31)/t17-,19-,20?,24?/m1/s1. The van der Waals surface area contributed by atoms with Gasteiger partial charge in [0.25, 0.3) is 0 Å². The van der Waals surface area contributed by atoms with Crippen LogP contribution in [0.2, 0.25) is 0 Å². The molecule has 0 aliphatic rings. The Morgan fingerprint density at radius 1 is 1.00 bits per heavy atom. The van der Waals surface area contributed by atoms with E-state index >= 15 is 0 Å². The number of carbonyl (C=O) groups excluding carboxylic acids is 3. The van der Waals surface area contributed by atoms with E-state index in [1.54, 1.807) is 12.4 Å². The van der Waals surface area contributed by atoms with E-state index in [4.69, 9.17) is 11.6 Å². The molecular weight excluding hydrogens is 408 g/mol. The number of ketones is 1. The van der Waals surface area contributed by atoms with Gasteiger partial charge in [-0.25, -0.2) is 11.3 Å². The van der Waals surface area contributed by atoms with E-state index in [-0.39, 0.29) is 17.6 Å². The maximum atomic E-state index is 13.7. The molecule has 1 rings (SSSR count). The summed E-state index contributed by atoms with van der Waals surface area (Å²) in [7, 11) is 0. The van der Waals surface area contributed by atoms with Crippen molar-refractivity contribution in [3.05, 3.63) is 35.9 Å². The Morgan fingerprint density at radius 3 is 2.03 bits per heavy atom. The SMILES string of the molecule is CC(C)C[C@@H](C(=O)NN)C(C(=O)NO)C(CCc1ccccc1)(CC(C)C)C(=O)[C@@H](C)N. The lowest BCUT2D eigenvalue weighted by Gasteiger charge is -2.44. The van der Waals surface area contributed by atoms with E-state index in [9.17, 15) is 19.6 Å². The first kappa shape index (κ1) is 27.7. The first-order valence-electron chi connectivity index (χ1n) is 11.3. The average Bonchev–Trinajstić information content (AvgIpc) is 2.75. The second-order valence-corrected chi connectivity index (χ2v) is 9.59. The third-order valence-corrected chi connectivity index (χ3v) is 5.97. The number of hydroxylamine groups is 1. The van der Waals surface area contributed by atoms with Crippen molar-refractivity contribution in [1.29, 1.82) is 0 Å². The van der Waals surface area contributed by atoms with Crippen molar-refractivity contribution in [3.8, 4) is 0 Å². The van der Waals surface area contributed by atoms with Gasteiger partial charge in [0.1, 0.15) is 0 Å². The van der Waals surface area contributed by atoms with E-state index in [2.05, 4.69) is 5.43 Å². The number of carbonyl (C=O) groups is 3. The predicted molar refractivity (Wildman–Crippen MR) is 124 cm³/mol. The predicted octanol–water partition coefficient (Wildman–Crippen LogP) is 2.34. The summed E-state index contributed by atoms with van der Waals surface area (Å²) in [6.45, 7) is 9.35. The second-order valence-electron chi connectivity index (χ2n) is 9.59. The number of hydrogen-bond acceptors (Lipinski definition) is 6. The lowest BCUT2D eigenvalue weighted by atomic mass is 9.58. The number of nitrogens with two attached hydrogens (primary N) is 2. The molecule has 0 heterocycles. The molecule has 1 aromatic rings. The normalized spacial score (nSPS) is 16.2. The highest BCUT2D eigenvalue weighted by atomic mass is 16.5. The van der Waals surface area contributed by atoms with Gasteiger partial charge in [0.15, 0.2) is 5.78 Å². The Bertz CT molecular complexity index is 752. The zero-order valence-corrected chi connectivity index (χ0v) is 19.9. The molecule has 32 heavy (non-hydrogen) atoms. The molecule has 0 aliphatic heterocycles. The molecule has 0 saturated carbocycles. The number of Topliss-reactive ketones (excluding diaryl/α,β-unsaturated/α-hetero) is 1. The summed E-state index contributed by atoms with van der Waals surface area (Å²) in [6, 6.07) is 8.79. The van der Waals surface area contributed by atoms with Crippen LogP contribution >= 0.6 is 0 Å². The van der Waals surface area contributed by atoms with Crippen LogP contribution in [0, 0.1) is 29.1 Å². The van der Waals surface area contributed by atoms with Crippen molar-refractivity contribution in [2.75, 3.05) is 0 Å². The molecule has 0 radical (unpaired) electrons. The first-order valence-corrected chi connectivity index (χ1v) is 11.3. The molecule has 2 unspecified atom stereocenters. The van der Waals surface area contributed by atoms with Crippen molar-refractivity contribution in [3.63, 3.8) is 0 Å². The summed E-state index contributed by atoms with van der Waals surface area (Å²) in [5.41, 5.74) is 9.69. The summed E-state index contributed by atoms with van der Waals surface area (Å²) in [4.78, 5) is 39.8. The molecule has 0 aromatic heterocycles. The van der Waals surface area contributed by atoms with Crippen LogP contribution < -0.4 is 22.5 Å². The fourth-order valence-corrected chi connectivity index (χ4v) is 4.85. The molecule has 0 bridgehead atoms. The van der Waals surface area contributed by atoms with Crippen LogP contribution in [0.3, 0.4) is 0 Å². The summed E-state index contributed by atoms with van der Waals surface area (Å²) < 4.78 is 0. The Balaban J connectivity index is 3.73. The summed E-state index contributed by atoms with van der Waals surface area (Å²) in [6.07, 6.45) is 1.48. The van der Waals surface area contributed by atoms with Gasteiger partial charge in [0.2, 0.25) is 11.8 Å². The Hall–Kier alpha value is -2.29. The highest BCUT2D eigenvalue weighted by Gasteiger charge is 2.54. The van der Waals surface area contributed by atoms with E-state index in [1.807, 2.05) is 58.0 Å². The molecule has 4 atom stereocenters. The average molecular weight is 449 g/mol. The number of hydrogen-bond donors (Lipinski definition) is 5. The van der Waals surface area contributed by atoms with Crippen molar-refractivity contribution in [1.82, 2.24) is 10.9 Å². The highest BCUT2D eigenvalue weighted by Crippen LogP contribution is 2.46. The van der Waals surface area contributed by atoms with Crippen molar-refractivity contribution in [2.24, 2.45) is 40.7 Å². The van der Waals surface area contributed by atoms with Gasteiger partial charge in [-0.05, 0) is 50.0 Å². The number of hydrazine groups is 1. The van der Waals surface area contributed by atoms with E-state index in [0.717, 1.165) is 5.56 Å². The molecule has 2 amide bonds. The molecule has 0 spiro atoms. The van der Waals surface area contributed by atoms with E-state index in [0.29, 0.717) is 25.7 Å². The van der Waals surface area contributed by atoms with Gasteiger partial charge in [-0.3, -0.25) is 25.0 Å². The van der Waals surface area contributed by atoms with Gasteiger partial charge in [0, 0.05) is 5.41 Å². The van der Waals surface area contributed by atoms with Crippen LogP contribution in [0.1, 0.15) is 59.4 Å². The molecule has 7 N–H and O–H groups in total. The number of aryl methyl sites for hydroxylation is 1. The smallest absolute Gasteiger partial charge is 0.248 e. The molecule has 1 aromatic carbocycles. The number of nitrogens with one attached hydrogen (secondary N) is 2. The first-order chi connectivity index (χ1) is 15.0. The molecule has 0 aliphatic carbocycles. The Morgan fingerprint density at radius 2 is 1.59 bits per heavy atom.